The fourth-order valence-electron chi connectivity index (χ4n) is 5.16. The number of aryl methyl sites for hydroxylation is 1. The first-order valence-electron chi connectivity index (χ1n) is 13.1. The largest absolute Gasteiger partial charge is 0.353 e. The van der Waals surface area contributed by atoms with Crippen LogP contribution in [0.4, 0.5) is 5.69 Å². The van der Waals surface area contributed by atoms with Crippen molar-refractivity contribution in [1.29, 1.82) is 0 Å². The molecule has 0 spiro atoms. The first-order valence-corrected chi connectivity index (χ1v) is 13.1. The smallest absolute Gasteiger partial charge is 0.245 e. The van der Waals surface area contributed by atoms with E-state index in [1.165, 1.54) is 16.7 Å². The summed E-state index contributed by atoms with van der Waals surface area (Å²) < 4.78 is 0. The van der Waals surface area contributed by atoms with E-state index in [1.807, 2.05) is 17.2 Å². The topological polar surface area (TPSA) is 52.2 Å². The Morgan fingerprint density at radius 2 is 1.62 bits per heavy atom. The monoisotopic (exact) mass is 492 g/mol. The van der Waals surface area contributed by atoms with Crippen LogP contribution in [0.3, 0.4) is 0 Å². The van der Waals surface area contributed by atoms with Crippen LogP contribution in [-0.4, -0.2) is 26.8 Å². The van der Waals surface area contributed by atoms with E-state index in [0.717, 1.165) is 29.8 Å². The number of amides is 1. The van der Waals surface area contributed by atoms with Crippen molar-refractivity contribution < 1.29 is 4.79 Å². The first kappa shape index (κ1) is 24.8. The fraction of sp³-hybridized carbons (Fsp3) is 0.312. The number of hydrogen-bond acceptors (Lipinski definition) is 3. The van der Waals surface area contributed by atoms with Crippen molar-refractivity contribution in [2.45, 2.75) is 64.7 Å². The van der Waals surface area contributed by atoms with Gasteiger partial charge in [0, 0.05) is 25.0 Å². The van der Waals surface area contributed by atoms with Crippen LogP contribution in [0.15, 0.2) is 91.4 Å². The lowest BCUT2D eigenvalue weighted by Gasteiger charge is -2.33. The van der Waals surface area contributed by atoms with Crippen molar-refractivity contribution in [2.75, 3.05) is 4.90 Å². The van der Waals surface area contributed by atoms with E-state index < -0.39 is 0 Å². The minimum Gasteiger partial charge on any atom is -0.353 e. The number of hydrogen-bond donors (Lipinski definition) is 1. The van der Waals surface area contributed by atoms with Crippen LogP contribution >= 0.6 is 0 Å². The van der Waals surface area contributed by atoms with Crippen molar-refractivity contribution in [3.8, 4) is 0 Å². The minimum atomic E-state index is -0.277. The van der Waals surface area contributed by atoms with Gasteiger partial charge in [-0.2, -0.15) is 0 Å². The highest BCUT2D eigenvalue weighted by Gasteiger charge is 2.35. The van der Waals surface area contributed by atoms with E-state index in [0.29, 0.717) is 19.6 Å². The summed E-state index contributed by atoms with van der Waals surface area (Å²) in [6.07, 6.45) is 5.13. The molecular formula is C32H36N4O. The molecule has 1 N–H and O–H groups in total. The second-order valence-corrected chi connectivity index (χ2v) is 11.0. The summed E-state index contributed by atoms with van der Waals surface area (Å²) in [6, 6.07) is 27.3. The van der Waals surface area contributed by atoms with Gasteiger partial charge in [-0.25, -0.2) is 4.98 Å². The van der Waals surface area contributed by atoms with E-state index in [-0.39, 0.29) is 17.4 Å². The number of benzene rings is 3. The SMILES string of the molecule is CC(C)(C)c1ccc(CN2Cc3ccccc3N(Cc3cnc[nH]3)C(CCc3ccccc3)C2=O)cc1. The summed E-state index contributed by atoms with van der Waals surface area (Å²) >= 11 is 0. The number of carbonyl (C=O) groups excluding carboxylic acids is 1. The van der Waals surface area contributed by atoms with Gasteiger partial charge >= 0.3 is 0 Å². The van der Waals surface area contributed by atoms with E-state index in [4.69, 9.17) is 0 Å². The summed E-state index contributed by atoms with van der Waals surface area (Å²) in [7, 11) is 0. The van der Waals surface area contributed by atoms with Gasteiger partial charge in [-0.15, -0.1) is 0 Å². The van der Waals surface area contributed by atoms with Gasteiger partial charge in [0.05, 0.1) is 18.6 Å². The maximum absolute atomic E-state index is 14.3. The molecule has 1 atom stereocenters. The number of para-hydroxylation sites is 1. The van der Waals surface area contributed by atoms with E-state index >= 15 is 0 Å². The molecule has 0 aliphatic carbocycles. The van der Waals surface area contributed by atoms with Crippen LogP contribution < -0.4 is 4.90 Å². The second-order valence-electron chi connectivity index (χ2n) is 11.0. The number of nitrogens with one attached hydrogen (secondary N) is 1. The fourth-order valence-corrected chi connectivity index (χ4v) is 5.16. The lowest BCUT2D eigenvalue weighted by molar-refractivity contribution is -0.133. The highest BCUT2D eigenvalue weighted by Crippen LogP contribution is 2.32. The second kappa shape index (κ2) is 10.6. The lowest BCUT2D eigenvalue weighted by atomic mass is 9.87. The van der Waals surface area contributed by atoms with Crippen LogP contribution in [0.25, 0.3) is 0 Å². The van der Waals surface area contributed by atoms with Gasteiger partial charge in [0.1, 0.15) is 6.04 Å². The Bertz CT molecular complexity index is 1310. The summed E-state index contributed by atoms with van der Waals surface area (Å²) in [6.45, 7) is 8.47. The molecule has 37 heavy (non-hydrogen) atoms. The van der Waals surface area contributed by atoms with Gasteiger partial charge in [-0.3, -0.25) is 4.79 Å². The van der Waals surface area contributed by atoms with Crippen molar-refractivity contribution in [3.05, 3.63) is 119 Å². The van der Waals surface area contributed by atoms with Crippen molar-refractivity contribution in [2.24, 2.45) is 0 Å². The Hall–Kier alpha value is -3.86. The predicted octanol–water partition coefficient (Wildman–Crippen LogP) is 6.26. The molecule has 1 amide bonds. The number of H-pyrrole nitrogens is 1. The summed E-state index contributed by atoms with van der Waals surface area (Å²) in [5.41, 5.74) is 7.10. The molecule has 1 aliphatic rings. The van der Waals surface area contributed by atoms with Gasteiger partial charge in [0.15, 0.2) is 0 Å². The average Bonchev–Trinajstić information content (AvgIpc) is 3.38. The van der Waals surface area contributed by atoms with E-state index in [1.54, 1.807) is 6.33 Å². The molecule has 4 aromatic rings. The molecule has 1 aliphatic heterocycles. The molecule has 1 aromatic heterocycles. The van der Waals surface area contributed by atoms with Gasteiger partial charge in [-0.05, 0) is 46.6 Å². The predicted molar refractivity (Wildman–Crippen MR) is 149 cm³/mol. The van der Waals surface area contributed by atoms with Crippen LogP contribution in [0.5, 0.6) is 0 Å². The van der Waals surface area contributed by atoms with E-state index in [9.17, 15) is 4.79 Å². The third-order valence-corrected chi connectivity index (χ3v) is 7.27. The summed E-state index contributed by atoms with van der Waals surface area (Å²) in [5.74, 6) is 0.173. The molecule has 0 saturated heterocycles. The number of carbonyl (C=O) groups is 1. The molecule has 1 unspecified atom stereocenters. The molecule has 5 heteroatoms. The maximum atomic E-state index is 14.3. The molecule has 0 bridgehead atoms. The molecule has 0 saturated carbocycles. The zero-order valence-corrected chi connectivity index (χ0v) is 22.0. The van der Waals surface area contributed by atoms with Crippen molar-refractivity contribution in [3.63, 3.8) is 0 Å². The zero-order valence-electron chi connectivity index (χ0n) is 22.0. The number of rotatable bonds is 7. The van der Waals surface area contributed by atoms with Crippen molar-refractivity contribution in [1.82, 2.24) is 14.9 Å². The normalized spacial score (nSPS) is 16.0. The van der Waals surface area contributed by atoms with Crippen molar-refractivity contribution >= 4 is 11.6 Å². The van der Waals surface area contributed by atoms with Gasteiger partial charge in [0.2, 0.25) is 5.91 Å². The molecule has 0 radical (unpaired) electrons. The summed E-state index contributed by atoms with van der Waals surface area (Å²) in [4.78, 5) is 26.0. The third kappa shape index (κ3) is 5.77. The Morgan fingerprint density at radius 3 is 2.32 bits per heavy atom. The number of aromatic amines is 1. The molecule has 5 nitrogen and oxygen atoms in total. The Morgan fingerprint density at radius 1 is 0.892 bits per heavy atom. The van der Waals surface area contributed by atoms with E-state index in [2.05, 4.69) is 108 Å². The quantitative estimate of drug-likeness (QED) is 0.331. The highest BCUT2D eigenvalue weighted by molar-refractivity contribution is 5.87. The average molecular weight is 493 g/mol. The summed E-state index contributed by atoms with van der Waals surface area (Å²) in [5, 5.41) is 0. The van der Waals surface area contributed by atoms with Gasteiger partial charge < -0.3 is 14.8 Å². The Labute approximate surface area is 220 Å². The number of fused-ring (bicyclic) bond motifs is 1. The molecule has 3 aromatic carbocycles. The van der Waals surface area contributed by atoms with Gasteiger partial charge in [-0.1, -0.05) is 93.6 Å². The number of anilines is 1. The maximum Gasteiger partial charge on any atom is 0.245 e. The minimum absolute atomic E-state index is 0.103. The third-order valence-electron chi connectivity index (χ3n) is 7.27. The number of aromatic nitrogens is 2. The van der Waals surface area contributed by atoms with Crippen LogP contribution in [0.1, 0.15) is 55.1 Å². The lowest BCUT2D eigenvalue weighted by Crippen LogP contribution is -2.46. The molecule has 2 heterocycles. The Kier molecular flexibility index (Phi) is 7.13. The molecular weight excluding hydrogens is 456 g/mol. The first-order chi connectivity index (χ1) is 17.9. The van der Waals surface area contributed by atoms with Crippen LogP contribution in [-0.2, 0) is 36.3 Å². The standard InChI is InChI=1S/C32H36N4O/c1-32(2,3)27-16-13-25(14-17-27)20-35-21-26-11-7-8-12-29(26)36(22-28-19-33-23-34-28)30(31(35)37)18-15-24-9-5-4-6-10-24/h4-14,16-17,19,23,30H,15,18,20-22H2,1-3H3,(H,33,34). The van der Waals surface area contributed by atoms with Gasteiger partial charge in [0.25, 0.3) is 0 Å². The number of nitrogens with zero attached hydrogens (tertiary/aromatic N) is 3. The highest BCUT2D eigenvalue weighted by atomic mass is 16.2. The molecule has 190 valence electrons. The van der Waals surface area contributed by atoms with Crippen LogP contribution in [0.2, 0.25) is 0 Å². The number of imidazole rings is 1. The Balaban J connectivity index is 1.48. The molecule has 5 rings (SSSR count). The van der Waals surface area contributed by atoms with Crippen LogP contribution in [0, 0.1) is 0 Å². The zero-order chi connectivity index (χ0) is 25.8. The molecule has 0 fully saturated rings.